The molecule has 0 atom stereocenters. The van der Waals surface area contributed by atoms with Crippen LogP contribution in [0.4, 0.5) is 0 Å². The van der Waals surface area contributed by atoms with Gasteiger partial charge >= 0.3 is 0 Å². The molecule has 2 N–H and O–H groups in total. The van der Waals surface area contributed by atoms with Gasteiger partial charge in [0.2, 0.25) is 0 Å². The summed E-state index contributed by atoms with van der Waals surface area (Å²) in [5.74, 6) is 0. The van der Waals surface area contributed by atoms with Crippen LogP contribution >= 0.6 is 0 Å². The fourth-order valence-electron chi connectivity index (χ4n) is 1.27. The molecule has 0 fully saturated rings. The minimum atomic E-state index is 0.707. The second kappa shape index (κ2) is 4.99. The Morgan fingerprint density at radius 1 is 1.62 bits per heavy atom. The molecule has 4 heteroatoms. The van der Waals surface area contributed by atoms with Gasteiger partial charge in [-0.2, -0.15) is 5.10 Å². The Kier molecular flexibility index (Phi) is 3.92. The molecule has 0 aliphatic heterocycles. The molecule has 0 spiro atoms. The van der Waals surface area contributed by atoms with Crippen molar-refractivity contribution in [3.8, 4) is 0 Å². The van der Waals surface area contributed by atoms with Crippen LogP contribution in [0.15, 0.2) is 12.4 Å². The van der Waals surface area contributed by atoms with E-state index < -0.39 is 0 Å². The van der Waals surface area contributed by atoms with Gasteiger partial charge in [-0.25, -0.2) is 0 Å². The molecular formula is C9H18N4. The predicted molar refractivity (Wildman–Crippen MR) is 53.3 cm³/mol. The van der Waals surface area contributed by atoms with E-state index in [1.165, 1.54) is 5.56 Å². The summed E-state index contributed by atoms with van der Waals surface area (Å²) in [6, 6.07) is 0. The van der Waals surface area contributed by atoms with Crippen molar-refractivity contribution in [1.29, 1.82) is 0 Å². The van der Waals surface area contributed by atoms with Gasteiger partial charge < -0.3 is 10.6 Å². The molecule has 0 amide bonds. The second-order valence-corrected chi connectivity index (χ2v) is 3.23. The van der Waals surface area contributed by atoms with E-state index in [1.807, 2.05) is 10.9 Å². The zero-order valence-electron chi connectivity index (χ0n) is 8.40. The first-order valence-corrected chi connectivity index (χ1v) is 4.66. The maximum Gasteiger partial charge on any atom is 0.0534 e. The monoisotopic (exact) mass is 182 g/mol. The number of aryl methyl sites for hydroxylation is 1. The van der Waals surface area contributed by atoms with Crippen molar-refractivity contribution in [2.45, 2.75) is 20.0 Å². The van der Waals surface area contributed by atoms with E-state index in [0.717, 1.165) is 19.6 Å². The van der Waals surface area contributed by atoms with Gasteiger partial charge in [0, 0.05) is 37.9 Å². The third-order valence-corrected chi connectivity index (χ3v) is 1.97. The minimum absolute atomic E-state index is 0.707. The minimum Gasteiger partial charge on any atom is -0.329 e. The van der Waals surface area contributed by atoms with Crippen molar-refractivity contribution in [2.75, 3.05) is 20.1 Å². The summed E-state index contributed by atoms with van der Waals surface area (Å²) >= 11 is 0. The molecule has 0 aromatic carbocycles. The normalized spacial score (nSPS) is 11.1. The van der Waals surface area contributed by atoms with Crippen LogP contribution in [-0.4, -0.2) is 34.8 Å². The first kappa shape index (κ1) is 10.2. The number of nitrogens with two attached hydrogens (primary N) is 1. The molecule has 1 aromatic rings. The molecule has 0 bridgehead atoms. The van der Waals surface area contributed by atoms with E-state index in [9.17, 15) is 0 Å². The Morgan fingerprint density at radius 3 is 2.92 bits per heavy atom. The third-order valence-electron chi connectivity index (χ3n) is 1.97. The average molecular weight is 182 g/mol. The van der Waals surface area contributed by atoms with Gasteiger partial charge in [0.15, 0.2) is 0 Å². The van der Waals surface area contributed by atoms with Crippen LogP contribution in [0.5, 0.6) is 0 Å². The van der Waals surface area contributed by atoms with Gasteiger partial charge in [-0.3, -0.25) is 4.68 Å². The highest BCUT2D eigenvalue weighted by molar-refractivity contribution is 5.03. The number of aromatic nitrogens is 2. The highest BCUT2D eigenvalue weighted by Crippen LogP contribution is 2.00. The van der Waals surface area contributed by atoms with E-state index in [1.54, 1.807) is 0 Å². The van der Waals surface area contributed by atoms with Crippen LogP contribution in [0.2, 0.25) is 0 Å². The summed E-state index contributed by atoms with van der Waals surface area (Å²) in [6.45, 7) is 5.58. The fourth-order valence-corrected chi connectivity index (χ4v) is 1.27. The largest absolute Gasteiger partial charge is 0.329 e. The van der Waals surface area contributed by atoms with Gasteiger partial charge in [-0.15, -0.1) is 0 Å². The van der Waals surface area contributed by atoms with Crippen LogP contribution in [0.3, 0.4) is 0 Å². The lowest BCUT2D eigenvalue weighted by atomic mass is 10.3. The van der Waals surface area contributed by atoms with Crippen molar-refractivity contribution >= 4 is 0 Å². The van der Waals surface area contributed by atoms with E-state index in [-0.39, 0.29) is 0 Å². The first-order valence-electron chi connectivity index (χ1n) is 4.66. The van der Waals surface area contributed by atoms with Gasteiger partial charge in [-0.1, -0.05) is 0 Å². The Balaban J connectivity index is 2.44. The summed E-state index contributed by atoms with van der Waals surface area (Å²) in [7, 11) is 2.07. The summed E-state index contributed by atoms with van der Waals surface area (Å²) in [5, 5.41) is 4.21. The van der Waals surface area contributed by atoms with Gasteiger partial charge in [-0.05, 0) is 14.0 Å². The highest BCUT2D eigenvalue weighted by atomic mass is 15.3. The van der Waals surface area contributed by atoms with Crippen LogP contribution in [0.25, 0.3) is 0 Å². The maximum atomic E-state index is 5.45. The number of likely N-dealkylation sites (N-methyl/N-ethyl adjacent to an activating group) is 1. The molecule has 1 heterocycles. The Bertz CT molecular complexity index is 244. The molecule has 4 nitrogen and oxygen atoms in total. The number of hydrogen-bond acceptors (Lipinski definition) is 3. The molecule has 0 saturated carbocycles. The van der Waals surface area contributed by atoms with Crippen molar-refractivity contribution in [2.24, 2.45) is 5.73 Å². The van der Waals surface area contributed by atoms with E-state index in [2.05, 4.69) is 30.2 Å². The highest BCUT2D eigenvalue weighted by Gasteiger charge is 2.00. The Morgan fingerprint density at radius 2 is 2.38 bits per heavy atom. The topological polar surface area (TPSA) is 47.1 Å². The predicted octanol–water partition coefficient (Wildman–Crippen LogP) is 0.293. The molecule has 1 rings (SSSR count). The van der Waals surface area contributed by atoms with Crippen molar-refractivity contribution in [3.63, 3.8) is 0 Å². The van der Waals surface area contributed by atoms with Crippen molar-refractivity contribution < 1.29 is 0 Å². The summed E-state index contributed by atoms with van der Waals surface area (Å²) < 4.78 is 1.94. The third kappa shape index (κ3) is 3.16. The molecule has 74 valence electrons. The van der Waals surface area contributed by atoms with Gasteiger partial charge in [0.1, 0.15) is 0 Å². The molecular weight excluding hydrogens is 164 g/mol. The molecule has 0 unspecified atom stereocenters. The molecule has 13 heavy (non-hydrogen) atoms. The molecule has 0 saturated heterocycles. The SMILES string of the molecule is CCn1cc(CN(C)CCN)cn1. The Hall–Kier alpha value is -0.870. The lowest BCUT2D eigenvalue weighted by Crippen LogP contribution is -2.24. The van der Waals surface area contributed by atoms with E-state index in [0.29, 0.717) is 6.54 Å². The number of rotatable bonds is 5. The maximum absolute atomic E-state index is 5.45. The summed E-state index contributed by atoms with van der Waals surface area (Å²) in [6.07, 6.45) is 3.99. The van der Waals surface area contributed by atoms with E-state index in [4.69, 9.17) is 5.73 Å². The molecule has 1 aromatic heterocycles. The van der Waals surface area contributed by atoms with Crippen LogP contribution in [0, 0.1) is 0 Å². The van der Waals surface area contributed by atoms with Crippen LogP contribution < -0.4 is 5.73 Å². The fraction of sp³-hybridized carbons (Fsp3) is 0.667. The number of hydrogen-bond donors (Lipinski definition) is 1. The first-order chi connectivity index (χ1) is 6.26. The van der Waals surface area contributed by atoms with Gasteiger partial charge in [0.05, 0.1) is 6.20 Å². The molecule has 0 aliphatic carbocycles. The Labute approximate surface area is 79.3 Å². The average Bonchev–Trinajstić information content (AvgIpc) is 2.52. The standard InChI is InChI=1S/C9H18N4/c1-3-13-8-9(6-11-13)7-12(2)5-4-10/h6,8H,3-5,7,10H2,1-2H3. The van der Waals surface area contributed by atoms with Crippen LogP contribution in [-0.2, 0) is 13.1 Å². The lowest BCUT2D eigenvalue weighted by Gasteiger charge is -2.13. The van der Waals surface area contributed by atoms with E-state index >= 15 is 0 Å². The molecule has 0 aliphatic rings. The smallest absolute Gasteiger partial charge is 0.0534 e. The van der Waals surface area contributed by atoms with Crippen LogP contribution in [0.1, 0.15) is 12.5 Å². The lowest BCUT2D eigenvalue weighted by molar-refractivity contribution is 0.336. The number of nitrogens with zero attached hydrogens (tertiary/aromatic N) is 3. The van der Waals surface area contributed by atoms with Gasteiger partial charge in [0.25, 0.3) is 0 Å². The zero-order chi connectivity index (χ0) is 9.68. The summed E-state index contributed by atoms with van der Waals surface area (Å²) in [4.78, 5) is 2.19. The van der Waals surface area contributed by atoms with Crippen molar-refractivity contribution in [3.05, 3.63) is 18.0 Å². The zero-order valence-corrected chi connectivity index (χ0v) is 8.40. The molecule has 0 radical (unpaired) electrons. The second-order valence-electron chi connectivity index (χ2n) is 3.23. The van der Waals surface area contributed by atoms with Crippen molar-refractivity contribution in [1.82, 2.24) is 14.7 Å². The summed E-state index contributed by atoms with van der Waals surface area (Å²) in [5.41, 5.74) is 6.70. The quantitative estimate of drug-likeness (QED) is 0.712.